The highest BCUT2D eigenvalue weighted by atomic mass is 32.2. The van der Waals surface area contributed by atoms with Gasteiger partial charge in [-0.05, 0) is 12.0 Å². The van der Waals surface area contributed by atoms with E-state index >= 15 is 0 Å². The van der Waals surface area contributed by atoms with Crippen molar-refractivity contribution >= 4 is 29.0 Å². The van der Waals surface area contributed by atoms with E-state index in [1.807, 2.05) is 6.07 Å². The van der Waals surface area contributed by atoms with Crippen LogP contribution in [0.2, 0.25) is 0 Å². The molecule has 19 heavy (non-hydrogen) atoms. The van der Waals surface area contributed by atoms with Gasteiger partial charge in [-0.25, -0.2) is 0 Å². The molecule has 2 rings (SSSR count). The number of benzene rings is 1. The minimum absolute atomic E-state index is 0.178. The summed E-state index contributed by atoms with van der Waals surface area (Å²) in [5.41, 5.74) is 7.19. The normalized spacial score (nSPS) is 22.1. The van der Waals surface area contributed by atoms with E-state index < -0.39 is 0 Å². The van der Waals surface area contributed by atoms with Crippen LogP contribution in [0.3, 0.4) is 0 Å². The highest BCUT2D eigenvalue weighted by Gasteiger charge is 2.23. The number of thioether (sulfide) groups is 1. The first-order chi connectivity index (χ1) is 9.20. The van der Waals surface area contributed by atoms with Crippen molar-refractivity contribution in [2.45, 2.75) is 24.5 Å². The lowest BCUT2D eigenvalue weighted by molar-refractivity contribution is 0.279. The zero-order valence-corrected chi connectivity index (χ0v) is 13.1. The zero-order chi connectivity index (χ0) is 13.7. The molecule has 0 aliphatic carbocycles. The van der Waals surface area contributed by atoms with Crippen molar-refractivity contribution in [3.8, 4) is 0 Å². The van der Waals surface area contributed by atoms with Crippen LogP contribution >= 0.6 is 24.0 Å². The number of rotatable bonds is 5. The van der Waals surface area contributed by atoms with E-state index in [4.69, 9.17) is 18.0 Å². The van der Waals surface area contributed by atoms with E-state index in [0.29, 0.717) is 4.99 Å². The smallest absolute Gasteiger partial charge is 0.0816 e. The van der Waals surface area contributed by atoms with Gasteiger partial charge in [-0.15, -0.1) is 0 Å². The first kappa shape index (κ1) is 14.8. The van der Waals surface area contributed by atoms with Crippen LogP contribution in [0.15, 0.2) is 30.3 Å². The maximum atomic E-state index is 5.95. The largest absolute Gasteiger partial charge is 0.393 e. The van der Waals surface area contributed by atoms with Gasteiger partial charge in [-0.3, -0.25) is 0 Å². The van der Waals surface area contributed by atoms with E-state index in [2.05, 4.69) is 47.9 Å². The Morgan fingerprint density at radius 1 is 1.47 bits per heavy atom. The Labute approximate surface area is 125 Å². The quantitative estimate of drug-likeness (QED) is 0.846. The molecular weight excluding hydrogens is 272 g/mol. The standard InChI is InChI=1S/C15H22N2S2/c1-2-13-10-17(8-9-19-13)11-14(15(16)18)12-6-4-3-5-7-12/h3-7,13-14H,2,8-11H2,1H3,(H2,16,18). The molecule has 0 bridgehead atoms. The number of hydrogen-bond donors (Lipinski definition) is 1. The van der Waals surface area contributed by atoms with Crippen LogP contribution in [-0.2, 0) is 0 Å². The molecule has 1 heterocycles. The van der Waals surface area contributed by atoms with Crippen molar-refractivity contribution in [3.63, 3.8) is 0 Å². The third-order valence-electron chi connectivity index (χ3n) is 3.66. The van der Waals surface area contributed by atoms with Gasteiger partial charge in [0.25, 0.3) is 0 Å². The molecule has 0 aromatic heterocycles. The number of nitrogens with two attached hydrogens (primary N) is 1. The molecule has 1 aromatic rings. The number of hydrogen-bond acceptors (Lipinski definition) is 3. The van der Waals surface area contributed by atoms with E-state index in [-0.39, 0.29) is 5.92 Å². The van der Waals surface area contributed by atoms with Gasteiger partial charge in [0.15, 0.2) is 0 Å². The van der Waals surface area contributed by atoms with Gasteiger partial charge in [0.05, 0.1) is 4.99 Å². The van der Waals surface area contributed by atoms with Crippen LogP contribution in [-0.4, -0.2) is 40.5 Å². The van der Waals surface area contributed by atoms with Crippen molar-refractivity contribution in [1.82, 2.24) is 4.90 Å². The highest BCUT2D eigenvalue weighted by Crippen LogP contribution is 2.24. The molecule has 2 N–H and O–H groups in total. The Bertz CT molecular complexity index is 408. The summed E-state index contributed by atoms with van der Waals surface area (Å²) in [6.07, 6.45) is 1.24. The summed E-state index contributed by atoms with van der Waals surface area (Å²) < 4.78 is 0. The highest BCUT2D eigenvalue weighted by molar-refractivity contribution is 8.00. The number of thiocarbonyl (C=S) groups is 1. The van der Waals surface area contributed by atoms with Crippen molar-refractivity contribution in [2.24, 2.45) is 5.73 Å². The van der Waals surface area contributed by atoms with E-state index in [1.54, 1.807) is 0 Å². The summed E-state index contributed by atoms with van der Waals surface area (Å²) >= 11 is 7.36. The molecule has 4 heteroatoms. The lowest BCUT2D eigenvalue weighted by Crippen LogP contribution is -2.42. The fourth-order valence-electron chi connectivity index (χ4n) is 2.50. The average molecular weight is 294 g/mol. The molecule has 2 nitrogen and oxygen atoms in total. The Balaban J connectivity index is 2.03. The van der Waals surface area contributed by atoms with E-state index in [0.717, 1.165) is 24.9 Å². The molecule has 1 aromatic carbocycles. The molecule has 1 aliphatic heterocycles. The monoisotopic (exact) mass is 294 g/mol. The van der Waals surface area contributed by atoms with Crippen LogP contribution in [0.25, 0.3) is 0 Å². The fraction of sp³-hybridized carbons (Fsp3) is 0.533. The second-order valence-electron chi connectivity index (χ2n) is 5.03. The van der Waals surface area contributed by atoms with E-state index in [1.165, 1.54) is 17.7 Å². The summed E-state index contributed by atoms with van der Waals surface area (Å²) in [4.78, 5) is 3.12. The number of nitrogens with zero attached hydrogens (tertiary/aromatic N) is 1. The molecule has 0 amide bonds. The molecule has 2 unspecified atom stereocenters. The average Bonchev–Trinajstić information content (AvgIpc) is 2.45. The zero-order valence-electron chi connectivity index (χ0n) is 11.4. The molecule has 0 radical (unpaired) electrons. The molecule has 0 saturated carbocycles. The lowest BCUT2D eigenvalue weighted by atomic mass is 9.98. The van der Waals surface area contributed by atoms with Crippen molar-refractivity contribution in [3.05, 3.63) is 35.9 Å². The maximum absolute atomic E-state index is 5.95. The molecule has 2 atom stereocenters. The SMILES string of the molecule is CCC1CN(CC(C(N)=S)c2ccccc2)CCS1. The third kappa shape index (κ3) is 4.20. The Morgan fingerprint density at radius 3 is 2.84 bits per heavy atom. The molecule has 104 valence electrons. The van der Waals surface area contributed by atoms with Gasteiger partial charge in [0.2, 0.25) is 0 Å². The van der Waals surface area contributed by atoms with Crippen LogP contribution < -0.4 is 5.73 Å². The van der Waals surface area contributed by atoms with Gasteiger partial charge in [-0.2, -0.15) is 11.8 Å². The van der Waals surface area contributed by atoms with Gasteiger partial charge in [0.1, 0.15) is 0 Å². The Kier molecular flexibility index (Phi) is 5.67. The molecule has 0 spiro atoms. The maximum Gasteiger partial charge on any atom is 0.0816 e. The molecular formula is C15H22N2S2. The van der Waals surface area contributed by atoms with Crippen molar-refractivity contribution in [2.75, 3.05) is 25.4 Å². The lowest BCUT2D eigenvalue weighted by Gasteiger charge is -2.34. The molecule has 1 saturated heterocycles. The fourth-order valence-corrected chi connectivity index (χ4v) is 3.96. The third-order valence-corrected chi connectivity index (χ3v) is 5.32. The summed E-state index contributed by atoms with van der Waals surface area (Å²) in [5.74, 6) is 1.40. The summed E-state index contributed by atoms with van der Waals surface area (Å²) in [6, 6.07) is 10.4. The molecule has 1 aliphatic rings. The van der Waals surface area contributed by atoms with Crippen molar-refractivity contribution < 1.29 is 0 Å². The summed E-state index contributed by atoms with van der Waals surface area (Å²) in [5, 5.41) is 0.761. The second-order valence-corrected chi connectivity index (χ2v) is 6.91. The van der Waals surface area contributed by atoms with Crippen LogP contribution in [0.1, 0.15) is 24.8 Å². The van der Waals surface area contributed by atoms with Gasteiger partial charge in [0, 0.05) is 36.6 Å². The van der Waals surface area contributed by atoms with Gasteiger partial charge >= 0.3 is 0 Å². The predicted octanol–water partition coefficient (Wildman–Crippen LogP) is 2.88. The molecule has 1 fully saturated rings. The van der Waals surface area contributed by atoms with Gasteiger partial charge in [-0.1, -0.05) is 49.5 Å². The van der Waals surface area contributed by atoms with Crippen LogP contribution in [0.5, 0.6) is 0 Å². The second kappa shape index (κ2) is 7.27. The van der Waals surface area contributed by atoms with Crippen molar-refractivity contribution in [1.29, 1.82) is 0 Å². The topological polar surface area (TPSA) is 29.3 Å². The van der Waals surface area contributed by atoms with Gasteiger partial charge < -0.3 is 10.6 Å². The summed E-state index contributed by atoms with van der Waals surface area (Å²) in [7, 11) is 0. The van der Waals surface area contributed by atoms with Crippen LogP contribution in [0, 0.1) is 0 Å². The Hall–Kier alpha value is -0.580. The van der Waals surface area contributed by atoms with Crippen LogP contribution in [0.4, 0.5) is 0 Å². The van der Waals surface area contributed by atoms with E-state index in [9.17, 15) is 0 Å². The predicted molar refractivity (Wildman–Crippen MR) is 88.9 cm³/mol. The first-order valence-corrected chi connectivity index (χ1v) is 8.34. The Morgan fingerprint density at radius 2 is 2.21 bits per heavy atom. The minimum atomic E-state index is 0.178. The minimum Gasteiger partial charge on any atom is -0.393 e. The first-order valence-electron chi connectivity index (χ1n) is 6.89. The summed E-state index contributed by atoms with van der Waals surface area (Å²) in [6.45, 7) is 5.53.